The van der Waals surface area contributed by atoms with Crippen LogP contribution in [0, 0.1) is 6.92 Å². The Kier molecular flexibility index (Phi) is 2.81. The molecule has 114 valence electrons. The molecule has 2 heterocycles. The summed E-state index contributed by atoms with van der Waals surface area (Å²) in [6.07, 6.45) is 3.74. The number of aromatic hydroxyl groups is 1. The molecule has 1 aromatic heterocycles. The first-order chi connectivity index (χ1) is 11.1. The normalized spacial score (nSPS) is 15.2. The molecule has 4 rings (SSSR count). The Morgan fingerprint density at radius 3 is 2.78 bits per heavy atom. The maximum absolute atomic E-state index is 12.5. The number of para-hydroxylation sites is 1. The largest absolute Gasteiger partial charge is 0.508 e. The van der Waals surface area contributed by atoms with Crippen LogP contribution in [0.5, 0.6) is 11.5 Å². The Morgan fingerprint density at radius 2 is 1.96 bits per heavy atom. The van der Waals surface area contributed by atoms with Gasteiger partial charge in [0, 0.05) is 35.3 Å². The van der Waals surface area contributed by atoms with Crippen LogP contribution in [-0.4, -0.2) is 15.5 Å². The average molecular weight is 305 g/mol. The van der Waals surface area contributed by atoms with Crippen LogP contribution in [0.3, 0.4) is 0 Å². The number of carbonyl (C=O) groups excluding carboxylic acids is 1. The lowest BCUT2D eigenvalue weighted by molar-refractivity contribution is 0.101. The monoisotopic (exact) mass is 305 g/mol. The number of fused-ring (bicyclic) bond motifs is 2. The van der Waals surface area contributed by atoms with Crippen LogP contribution in [0.25, 0.3) is 17.0 Å². The number of Topliss-reactive ketones (excluding diaryl/α,β-unsaturated/α-hetero) is 1. The van der Waals surface area contributed by atoms with Crippen LogP contribution in [0.15, 0.2) is 48.4 Å². The number of aromatic nitrogens is 1. The summed E-state index contributed by atoms with van der Waals surface area (Å²) in [4.78, 5) is 12.5. The number of carbonyl (C=O) groups is 1. The molecule has 0 radical (unpaired) electrons. The fourth-order valence-electron chi connectivity index (χ4n) is 3.00. The molecule has 0 bridgehead atoms. The summed E-state index contributed by atoms with van der Waals surface area (Å²) in [5.41, 5.74) is 3.10. The molecular formula is C19H15NO3. The summed E-state index contributed by atoms with van der Waals surface area (Å²) in [6.45, 7) is 1.74. The molecule has 4 nitrogen and oxygen atoms in total. The summed E-state index contributed by atoms with van der Waals surface area (Å²) < 4.78 is 7.75. The summed E-state index contributed by atoms with van der Waals surface area (Å²) in [6, 6.07) is 11.1. The van der Waals surface area contributed by atoms with Gasteiger partial charge in [0.1, 0.15) is 11.5 Å². The third kappa shape index (κ3) is 1.95. The lowest BCUT2D eigenvalue weighted by Gasteiger charge is -2.03. The van der Waals surface area contributed by atoms with Crippen molar-refractivity contribution in [2.45, 2.75) is 6.92 Å². The van der Waals surface area contributed by atoms with Crippen molar-refractivity contribution in [2.75, 3.05) is 0 Å². The number of hydrogen-bond donors (Lipinski definition) is 1. The van der Waals surface area contributed by atoms with Crippen molar-refractivity contribution in [3.8, 4) is 11.5 Å². The smallest absolute Gasteiger partial charge is 0.231 e. The first kappa shape index (κ1) is 13.6. The molecule has 23 heavy (non-hydrogen) atoms. The second kappa shape index (κ2) is 4.74. The minimum atomic E-state index is -0.156. The summed E-state index contributed by atoms with van der Waals surface area (Å²) in [5, 5.41) is 10.8. The average Bonchev–Trinajstić information content (AvgIpc) is 3.03. The van der Waals surface area contributed by atoms with E-state index >= 15 is 0 Å². The standard InChI is InChI=1S/C19H15NO3/c1-11-16(21)8-7-14-18(22)17(23-19(11)14)9-12-10-20(2)15-6-4-3-5-13(12)15/h3-10,21H,1-2H3. The Labute approximate surface area is 133 Å². The first-order valence-corrected chi connectivity index (χ1v) is 7.37. The number of phenolic OH excluding ortho intramolecular Hbond substituents is 1. The van der Waals surface area contributed by atoms with Crippen LogP contribution in [-0.2, 0) is 7.05 Å². The SMILES string of the molecule is Cc1c(O)ccc2c1OC(=Cc1cn(C)c3ccccc13)C2=O. The van der Waals surface area contributed by atoms with E-state index in [4.69, 9.17) is 4.74 Å². The van der Waals surface area contributed by atoms with E-state index in [2.05, 4.69) is 0 Å². The number of nitrogens with zero attached hydrogens (tertiary/aromatic N) is 1. The predicted molar refractivity (Wildman–Crippen MR) is 88.7 cm³/mol. The van der Waals surface area contributed by atoms with Crippen molar-refractivity contribution in [3.05, 3.63) is 65.0 Å². The number of ether oxygens (including phenoxy) is 1. The van der Waals surface area contributed by atoms with Gasteiger partial charge in [-0.3, -0.25) is 4.79 Å². The Hall–Kier alpha value is -3.01. The highest BCUT2D eigenvalue weighted by Crippen LogP contribution is 2.39. The van der Waals surface area contributed by atoms with Crippen LogP contribution in [0.2, 0.25) is 0 Å². The molecule has 0 atom stereocenters. The fraction of sp³-hybridized carbons (Fsp3) is 0.105. The van der Waals surface area contributed by atoms with Crippen molar-refractivity contribution < 1.29 is 14.6 Å². The summed E-state index contributed by atoms with van der Waals surface area (Å²) >= 11 is 0. The second-order valence-electron chi connectivity index (χ2n) is 5.74. The Balaban J connectivity index is 1.84. The van der Waals surface area contributed by atoms with E-state index in [0.29, 0.717) is 16.9 Å². The highest BCUT2D eigenvalue weighted by Gasteiger charge is 2.30. The third-order valence-corrected chi connectivity index (χ3v) is 4.27. The number of benzene rings is 2. The van der Waals surface area contributed by atoms with Gasteiger partial charge in [-0.15, -0.1) is 0 Å². The molecule has 1 aliphatic heterocycles. The first-order valence-electron chi connectivity index (χ1n) is 7.37. The molecule has 3 aromatic rings. The van der Waals surface area contributed by atoms with Gasteiger partial charge >= 0.3 is 0 Å². The van der Waals surface area contributed by atoms with Crippen LogP contribution in [0.4, 0.5) is 0 Å². The highest BCUT2D eigenvalue weighted by atomic mass is 16.5. The third-order valence-electron chi connectivity index (χ3n) is 4.27. The van der Waals surface area contributed by atoms with Gasteiger partial charge in [-0.05, 0) is 31.2 Å². The molecule has 1 N–H and O–H groups in total. The van der Waals surface area contributed by atoms with Crippen molar-refractivity contribution in [3.63, 3.8) is 0 Å². The number of ketones is 1. The van der Waals surface area contributed by atoms with E-state index in [1.54, 1.807) is 19.1 Å². The number of hydrogen-bond acceptors (Lipinski definition) is 3. The number of rotatable bonds is 1. The minimum absolute atomic E-state index is 0.128. The van der Waals surface area contributed by atoms with Gasteiger partial charge in [-0.2, -0.15) is 0 Å². The van der Waals surface area contributed by atoms with Gasteiger partial charge in [0.05, 0.1) is 5.56 Å². The molecule has 0 amide bonds. The number of phenols is 1. The molecule has 4 heteroatoms. The zero-order valence-corrected chi connectivity index (χ0v) is 12.8. The maximum atomic E-state index is 12.5. The number of allylic oxidation sites excluding steroid dienone is 1. The molecule has 0 saturated heterocycles. The van der Waals surface area contributed by atoms with Crippen molar-refractivity contribution in [1.82, 2.24) is 4.57 Å². The van der Waals surface area contributed by atoms with Crippen LogP contribution in [0.1, 0.15) is 21.5 Å². The Bertz CT molecular complexity index is 995. The zero-order valence-electron chi connectivity index (χ0n) is 12.8. The van der Waals surface area contributed by atoms with Crippen LogP contribution >= 0.6 is 0 Å². The van der Waals surface area contributed by atoms with E-state index in [9.17, 15) is 9.90 Å². The highest BCUT2D eigenvalue weighted by molar-refractivity contribution is 6.15. The molecule has 0 saturated carbocycles. The van der Waals surface area contributed by atoms with Crippen molar-refractivity contribution in [2.24, 2.45) is 7.05 Å². The molecular weight excluding hydrogens is 290 g/mol. The number of aryl methyl sites for hydroxylation is 1. The Morgan fingerprint density at radius 1 is 1.17 bits per heavy atom. The molecule has 0 unspecified atom stereocenters. The van der Waals surface area contributed by atoms with Gasteiger partial charge in [0.2, 0.25) is 5.78 Å². The minimum Gasteiger partial charge on any atom is -0.508 e. The molecule has 1 aliphatic rings. The van der Waals surface area contributed by atoms with Gasteiger partial charge in [-0.1, -0.05) is 18.2 Å². The summed E-state index contributed by atoms with van der Waals surface area (Å²) in [5.74, 6) is 0.700. The van der Waals surface area contributed by atoms with Gasteiger partial charge in [-0.25, -0.2) is 0 Å². The zero-order chi connectivity index (χ0) is 16.1. The molecule has 0 spiro atoms. The van der Waals surface area contributed by atoms with Gasteiger partial charge in [0.15, 0.2) is 5.76 Å². The van der Waals surface area contributed by atoms with E-state index < -0.39 is 0 Å². The maximum Gasteiger partial charge on any atom is 0.231 e. The topological polar surface area (TPSA) is 51.5 Å². The van der Waals surface area contributed by atoms with Gasteiger partial charge < -0.3 is 14.4 Å². The molecule has 2 aromatic carbocycles. The van der Waals surface area contributed by atoms with E-state index in [1.807, 2.05) is 42.1 Å². The lowest BCUT2D eigenvalue weighted by Crippen LogP contribution is -1.97. The van der Waals surface area contributed by atoms with E-state index in [-0.39, 0.29) is 17.3 Å². The predicted octanol–water partition coefficient (Wildman–Crippen LogP) is 3.81. The van der Waals surface area contributed by atoms with E-state index in [0.717, 1.165) is 16.5 Å². The second-order valence-corrected chi connectivity index (χ2v) is 5.74. The quantitative estimate of drug-likeness (QED) is 0.696. The van der Waals surface area contributed by atoms with E-state index in [1.165, 1.54) is 6.07 Å². The molecule has 0 fully saturated rings. The van der Waals surface area contributed by atoms with Gasteiger partial charge in [0.25, 0.3) is 0 Å². The van der Waals surface area contributed by atoms with Crippen molar-refractivity contribution in [1.29, 1.82) is 0 Å². The van der Waals surface area contributed by atoms with Crippen LogP contribution < -0.4 is 4.74 Å². The van der Waals surface area contributed by atoms with Crippen molar-refractivity contribution >= 4 is 22.8 Å². The molecule has 0 aliphatic carbocycles. The lowest BCUT2D eigenvalue weighted by atomic mass is 10.1. The fourth-order valence-corrected chi connectivity index (χ4v) is 3.00. The summed E-state index contributed by atoms with van der Waals surface area (Å²) in [7, 11) is 1.97.